The Kier molecular flexibility index (Phi) is 5.26. The molecular formula is C24H28N4S. The van der Waals surface area contributed by atoms with Crippen LogP contribution in [0.15, 0.2) is 30.5 Å². The van der Waals surface area contributed by atoms with Crippen molar-refractivity contribution in [3.8, 4) is 21.1 Å². The Morgan fingerprint density at radius 2 is 1.79 bits per heavy atom. The molecule has 0 aromatic carbocycles. The Bertz CT molecular complexity index is 1180. The van der Waals surface area contributed by atoms with Crippen LogP contribution in [0.3, 0.4) is 0 Å². The van der Waals surface area contributed by atoms with Gasteiger partial charge >= 0.3 is 0 Å². The Morgan fingerprint density at radius 3 is 2.48 bits per heavy atom. The highest BCUT2D eigenvalue weighted by Crippen LogP contribution is 2.40. The first-order valence-corrected chi connectivity index (χ1v) is 11.1. The van der Waals surface area contributed by atoms with Crippen LogP contribution in [0.1, 0.15) is 60.7 Å². The third-order valence-electron chi connectivity index (χ3n) is 5.64. The van der Waals surface area contributed by atoms with Crippen LogP contribution in [0, 0.1) is 27.7 Å². The van der Waals surface area contributed by atoms with Gasteiger partial charge in [-0.25, -0.2) is 9.50 Å². The molecule has 0 bridgehead atoms. The lowest BCUT2D eigenvalue weighted by atomic mass is 9.95. The molecule has 0 atom stereocenters. The molecule has 0 aliphatic carbocycles. The van der Waals surface area contributed by atoms with Crippen LogP contribution in [-0.2, 0) is 0 Å². The van der Waals surface area contributed by atoms with E-state index in [0.717, 1.165) is 41.3 Å². The lowest BCUT2D eigenvalue weighted by Gasteiger charge is -2.14. The largest absolute Gasteiger partial charge is 0.255 e. The van der Waals surface area contributed by atoms with Gasteiger partial charge in [-0.2, -0.15) is 5.10 Å². The fourth-order valence-electron chi connectivity index (χ4n) is 4.08. The quantitative estimate of drug-likeness (QED) is 0.374. The maximum absolute atomic E-state index is 4.98. The molecule has 4 rings (SSSR count). The van der Waals surface area contributed by atoms with Crippen molar-refractivity contribution in [2.24, 2.45) is 0 Å². The standard InChI is InChI=1S/C24H28N4S/c1-7-18(8-2)19-13-16(5)27-28-22(17(6)26-24(19)28)23-15(4)12-21(29-23)20-11-14(3)9-10-25-20/h9-13,18H,7-8H2,1-6H3. The third-order valence-corrected chi connectivity index (χ3v) is 6.90. The summed E-state index contributed by atoms with van der Waals surface area (Å²) in [6, 6.07) is 8.63. The molecule has 0 amide bonds. The molecule has 4 aromatic rings. The van der Waals surface area contributed by atoms with Gasteiger partial charge in [-0.05, 0) is 81.8 Å². The van der Waals surface area contributed by atoms with Gasteiger partial charge in [-0.15, -0.1) is 11.3 Å². The zero-order valence-corrected chi connectivity index (χ0v) is 18.9. The number of hydrogen-bond acceptors (Lipinski definition) is 4. The maximum atomic E-state index is 4.98. The number of rotatable bonds is 5. The van der Waals surface area contributed by atoms with E-state index in [9.17, 15) is 0 Å². The summed E-state index contributed by atoms with van der Waals surface area (Å²) < 4.78 is 2.07. The number of fused-ring (bicyclic) bond motifs is 1. The SMILES string of the molecule is CCC(CC)c1cc(C)nn2c(-c3sc(-c4cc(C)ccn4)cc3C)c(C)nc12. The summed E-state index contributed by atoms with van der Waals surface area (Å²) in [5.41, 5.74) is 8.98. The molecule has 0 saturated carbocycles. The second kappa shape index (κ2) is 7.71. The minimum atomic E-state index is 0.505. The lowest BCUT2D eigenvalue weighted by molar-refractivity contribution is 0.638. The number of hydrogen-bond donors (Lipinski definition) is 0. The molecule has 4 heterocycles. The Labute approximate surface area is 176 Å². The highest BCUT2D eigenvalue weighted by atomic mass is 32.1. The van der Waals surface area contributed by atoms with Crippen molar-refractivity contribution >= 4 is 17.0 Å². The molecule has 0 unspecified atom stereocenters. The number of pyridine rings is 1. The van der Waals surface area contributed by atoms with Crippen LogP contribution in [0.4, 0.5) is 0 Å². The zero-order valence-electron chi connectivity index (χ0n) is 18.1. The van der Waals surface area contributed by atoms with E-state index in [1.807, 2.05) is 12.3 Å². The van der Waals surface area contributed by atoms with E-state index < -0.39 is 0 Å². The number of thiophene rings is 1. The summed E-state index contributed by atoms with van der Waals surface area (Å²) in [6.45, 7) is 13.0. The van der Waals surface area contributed by atoms with Crippen LogP contribution in [0.2, 0.25) is 0 Å². The van der Waals surface area contributed by atoms with Crippen molar-refractivity contribution in [2.45, 2.75) is 60.3 Å². The molecule has 0 saturated heterocycles. The number of imidazole rings is 1. The highest BCUT2D eigenvalue weighted by molar-refractivity contribution is 7.19. The predicted octanol–water partition coefficient (Wildman–Crippen LogP) is 6.66. The summed E-state index contributed by atoms with van der Waals surface area (Å²) in [4.78, 5) is 12.0. The van der Waals surface area contributed by atoms with E-state index in [-0.39, 0.29) is 0 Å². The van der Waals surface area contributed by atoms with E-state index in [1.54, 1.807) is 11.3 Å². The zero-order chi connectivity index (χ0) is 20.7. The summed E-state index contributed by atoms with van der Waals surface area (Å²) in [6.07, 6.45) is 4.10. The fourth-order valence-corrected chi connectivity index (χ4v) is 5.31. The molecule has 0 radical (unpaired) electrons. The van der Waals surface area contributed by atoms with Gasteiger partial charge in [0, 0.05) is 11.8 Å². The molecule has 150 valence electrons. The molecule has 4 aromatic heterocycles. The molecule has 0 aliphatic rings. The molecule has 0 fully saturated rings. The van der Waals surface area contributed by atoms with Gasteiger partial charge in [0.05, 0.1) is 26.8 Å². The van der Waals surface area contributed by atoms with Crippen LogP contribution in [0.25, 0.3) is 26.8 Å². The second-order valence-electron chi connectivity index (χ2n) is 7.88. The summed E-state index contributed by atoms with van der Waals surface area (Å²) in [5.74, 6) is 0.505. The maximum Gasteiger partial charge on any atom is 0.158 e. The van der Waals surface area contributed by atoms with E-state index >= 15 is 0 Å². The summed E-state index contributed by atoms with van der Waals surface area (Å²) >= 11 is 1.78. The smallest absolute Gasteiger partial charge is 0.158 e. The first kappa shape index (κ1) is 19.8. The van der Waals surface area contributed by atoms with Crippen molar-refractivity contribution in [1.29, 1.82) is 0 Å². The monoisotopic (exact) mass is 404 g/mol. The van der Waals surface area contributed by atoms with Crippen molar-refractivity contribution in [2.75, 3.05) is 0 Å². The average molecular weight is 405 g/mol. The van der Waals surface area contributed by atoms with Crippen LogP contribution in [0.5, 0.6) is 0 Å². The number of aromatic nitrogens is 4. The summed E-state index contributed by atoms with van der Waals surface area (Å²) in [7, 11) is 0. The van der Waals surface area contributed by atoms with Crippen molar-refractivity contribution in [1.82, 2.24) is 19.6 Å². The molecule has 0 N–H and O–H groups in total. The molecule has 0 spiro atoms. The Hall–Kier alpha value is -2.53. The van der Waals surface area contributed by atoms with Crippen LogP contribution < -0.4 is 0 Å². The van der Waals surface area contributed by atoms with Crippen molar-refractivity contribution < 1.29 is 0 Å². The first-order valence-electron chi connectivity index (χ1n) is 10.3. The highest BCUT2D eigenvalue weighted by Gasteiger charge is 2.22. The normalized spacial score (nSPS) is 11.7. The molecule has 5 heteroatoms. The minimum absolute atomic E-state index is 0.505. The van der Waals surface area contributed by atoms with E-state index in [0.29, 0.717) is 5.92 Å². The van der Waals surface area contributed by atoms with E-state index in [4.69, 9.17) is 10.1 Å². The minimum Gasteiger partial charge on any atom is -0.255 e. The fraction of sp³-hybridized carbons (Fsp3) is 0.375. The molecule has 4 nitrogen and oxygen atoms in total. The van der Waals surface area contributed by atoms with Crippen LogP contribution >= 0.6 is 11.3 Å². The lowest BCUT2D eigenvalue weighted by Crippen LogP contribution is -2.05. The van der Waals surface area contributed by atoms with Crippen LogP contribution in [-0.4, -0.2) is 19.6 Å². The second-order valence-corrected chi connectivity index (χ2v) is 8.93. The summed E-state index contributed by atoms with van der Waals surface area (Å²) in [5, 5.41) is 4.87. The topological polar surface area (TPSA) is 43.1 Å². The van der Waals surface area contributed by atoms with Crippen molar-refractivity contribution in [3.63, 3.8) is 0 Å². The first-order chi connectivity index (χ1) is 13.9. The van der Waals surface area contributed by atoms with Crippen molar-refractivity contribution in [3.05, 3.63) is 58.5 Å². The Balaban J connectivity index is 1.92. The van der Waals surface area contributed by atoms with Gasteiger partial charge < -0.3 is 0 Å². The van der Waals surface area contributed by atoms with Gasteiger partial charge in [0.25, 0.3) is 0 Å². The van der Waals surface area contributed by atoms with Gasteiger partial charge in [0.15, 0.2) is 5.65 Å². The molecular weight excluding hydrogens is 376 g/mol. The van der Waals surface area contributed by atoms with E-state index in [1.165, 1.54) is 26.4 Å². The third kappa shape index (κ3) is 3.48. The number of aryl methyl sites for hydroxylation is 4. The molecule has 0 aliphatic heterocycles. The molecule has 29 heavy (non-hydrogen) atoms. The predicted molar refractivity (Wildman–Crippen MR) is 122 cm³/mol. The van der Waals surface area contributed by atoms with E-state index in [2.05, 4.69) is 69.2 Å². The van der Waals surface area contributed by atoms with Gasteiger partial charge in [0.2, 0.25) is 0 Å². The number of nitrogens with zero attached hydrogens (tertiary/aromatic N) is 4. The van der Waals surface area contributed by atoms with Gasteiger partial charge in [-0.3, -0.25) is 4.98 Å². The average Bonchev–Trinajstić information content (AvgIpc) is 3.21. The van der Waals surface area contributed by atoms with Gasteiger partial charge in [0.1, 0.15) is 5.69 Å². The van der Waals surface area contributed by atoms with Gasteiger partial charge in [-0.1, -0.05) is 13.8 Å². The Morgan fingerprint density at radius 1 is 1.03 bits per heavy atom.